The van der Waals surface area contributed by atoms with Crippen molar-refractivity contribution in [3.63, 3.8) is 0 Å². The van der Waals surface area contributed by atoms with Crippen LogP contribution in [0.4, 0.5) is 0 Å². The molecule has 0 saturated carbocycles. The van der Waals surface area contributed by atoms with Crippen LogP contribution in [0.25, 0.3) is 0 Å². The number of aliphatic hydroxyl groups is 1. The van der Waals surface area contributed by atoms with Crippen molar-refractivity contribution >= 4 is 23.4 Å². The third-order valence-corrected chi connectivity index (χ3v) is 7.42. The monoisotopic (exact) mass is 467 g/mol. The van der Waals surface area contributed by atoms with Gasteiger partial charge in [0.15, 0.2) is 18.0 Å². The van der Waals surface area contributed by atoms with E-state index in [4.69, 9.17) is 15.2 Å². The van der Waals surface area contributed by atoms with Crippen molar-refractivity contribution in [1.82, 2.24) is 0 Å². The largest absolute Gasteiger partial charge is 0.485 e. The molecule has 180 valence electrons. The Hall–Kier alpha value is -3.26. The van der Waals surface area contributed by atoms with Crippen LogP contribution in [0.5, 0.6) is 0 Å². The minimum absolute atomic E-state index is 0.0222. The van der Waals surface area contributed by atoms with Crippen molar-refractivity contribution in [3.8, 4) is 0 Å². The highest BCUT2D eigenvalue weighted by atomic mass is 16.6. The first-order valence-corrected chi connectivity index (χ1v) is 11.5. The summed E-state index contributed by atoms with van der Waals surface area (Å²) in [6.45, 7) is 6.76. The predicted molar refractivity (Wildman–Crippen MR) is 122 cm³/mol. The molecule has 1 aromatic carbocycles. The number of allylic oxidation sites excluding steroid dienone is 2. The van der Waals surface area contributed by atoms with Gasteiger partial charge in [-0.05, 0) is 68.7 Å². The highest BCUT2D eigenvalue weighted by Gasteiger charge is 2.57. The van der Waals surface area contributed by atoms with Crippen molar-refractivity contribution < 1.29 is 33.8 Å². The zero-order valence-corrected chi connectivity index (χ0v) is 19.8. The summed E-state index contributed by atoms with van der Waals surface area (Å²) in [7, 11) is 0. The van der Waals surface area contributed by atoms with Gasteiger partial charge in [-0.25, -0.2) is 4.79 Å². The second-order valence-corrected chi connectivity index (χ2v) is 9.31. The number of hydrogen-bond donors (Lipinski definition) is 2. The molecule has 3 aliphatic rings. The van der Waals surface area contributed by atoms with E-state index in [9.17, 15) is 24.3 Å². The minimum atomic E-state index is -2.04. The van der Waals surface area contributed by atoms with Crippen molar-refractivity contribution in [3.05, 3.63) is 56.9 Å². The van der Waals surface area contributed by atoms with Gasteiger partial charge in [0.05, 0.1) is 6.61 Å². The van der Waals surface area contributed by atoms with Gasteiger partial charge >= 0.3 is 5.97 Å². The zero-order chi connectivity index (χ0) is 24.9. The Morgan fingerprint density at radius 3 is 2.47 bits per heavy atom. The fourth-order valence-electron chi connectivity index (χ4n) is 5.78. The Morgan fingerprint density at radius 1 is 1.15 bits per heavy atom. The summed E-state index contributed by atoms with van der Waals surface area (Å²) in [5.41, 5.74) is 7.17. The summed E-state index contributed by atoms with van der Waals surface area (Å²) in [5.74, 6) is -3.60. The molecule has 0 radical (unpaired) electrons. The molecule has 8 heteroatoms. The van der Waals surface area contributed by atoms with Gasteiger partial charge in [0, 0.05) is 23.5 Å². The lowest BCUT2D eigenvalue weighted by atomic mass is 9.58. The SMILES string of the molecule is CCOC(=O)COC1=C(C(N)=O)C(=O)[C@@]2(O)C(C)=C3C(=O)c4c(C)ccc(C)c4C[C@H]3C[C@H]2C1. The minimum Gasteiger partial charge on any atom is -0.485 e. The Morgan fingerprint density at radius 2 is 1.82 bits per heavy atom. The van der Waals surface area contributed by atoms with Crippen LogP contribution in [-0.2, 0) is 30.3 Å². The molecule has 3 N–H and O–H groups in total. The number of rotatable bonds is 5. The van der Waals surface area contributed by atoms with Crippen molar-refractivity contribution in [2.75, 3.05) is 13.2 Å². The van der Waals surface area contributed by atoms with Crippen LogP contribution in [0.1, 0.15) is 53.7 Å². The van der Waals surface area contributed by atoms with E-state index in [1.807, 2.05) is 26.0 Å². The smallest absolute Gasteiger partial charge is 0.344 e. The van der Waals surface area contributed by atoms with E-state index in [0.717, 1.165) is 16.7 Å². The first kappa shape index (κ1) is 23.9. The maximum Gasteiger partial charge on any atom is 0.344 e. The number of esters is 1. The molecule has 1 amide bonds. The lowest BCUT2D eigenvalue weighted by Crippen LogP contribution is -2.56. The van der Waals surface area contributed by atoms with Crippen LogP contribution in [0, 0.1) is 25.7 Å². The maximum absolute atomic E-state index is 13.6. The number of Topliss-reactive ketones (excluding diaryl/α,β-unsaturated/α-hetero) is 2. The van der Waals surface area contributed by atoms with Crippen LogP contribution in [0.3, 0.4) is 0 Å². The number of amides is 1. The van der Waals surface area contributed by atoms with Gasteiger partial charge in [-0.1, -0.05) is 12.1 Å². The maximum atomic E-state index is 13.6. The lowest BCUT2D eigenvalue weighted by molar-refractivity contribution is -0.149. The van der Waals surface area contributed by atoms with Gasteiger partial charge in [-0.2, -0.15) is 0 Å². The zero-order valence-electron chi connectivity index (χ0n) is 19.8. The van der Waals surface area contributed by atoms with E-state index in [1.165, 1.54) is 0 Å². The number of carbonyl (C=O) groups is 4. The highest BCUT2D eigenvalue weighted by molar-refractivity contribution is 6.24. The molecule has 8 nitrogen and oxygen atoms in total. The van der Waals surface area contributed by atoms with Gasteiger partial charge in [-0.15, -0.1) is 0 Å². The molecule has 0 bridgehead atoms. The van der Waals surface area contributed by atoms with Crippen molar-refractivity contribution in [2.24, 2.45) is 17.6 Å². The lowest BCUT2D eigenvalue weighted by Gasteiger charge is -2.47. The van der Waals surface area contributed by atoms with Crippen LogP contribution < -0.4 is 5.73 Å². The summed E-state index contributed by atoms with van der Waals surface area (Å²) in [6, 6.07) is 3.89. The quantitative estimate of drug-likeness (QED) is 0.500. The van der Waals surface area contributed by atoms with E-state index < -0.39 is 41.4 Å². The van der Waals surface area contributed by atoms with Crippen molar-refractivity contribution in [1.29, 1.82) is 0 Å². The molecule has 3 aliphatic carbocycles. The molecule has 1 aromatic rings. The summed E-state index contributed by atoms with van der Waals surface area (Å²) < 4.78 is 10.4. The predicted octanol–water partition coefficient (Wildman–Crippen LogP) is 2.02. The molecule has 0 saturated heterocycles. The number of benzene rings is 1. The summed E-state index contributed by atoms with van der Waals surface area (Å²) in [6.07, 6.45) is 1.01. The molecule has 0 aromatic heterocycles. The van der Waals surface area contributed by atoms with Crippen LogP contribution in [0.15, 0.2) is 34.6 Å². The summed E-state index contributed by atoms with van der Waals surface area (Å²) in [4.78, 5) is 51.1. The molecule has 34 heavy (non-hydrogen) atoms. The van der Waals surface area contributed by atoms with Crippen LogP contribution >= 0.6 is 0 Å². The Labute approximate surface area is 197 Å². The molecular formula is C26H29NO7. The number of nitrogens with two attached hydrogens (primary N) is 1. The van der Waals surface area contributed by atoms with Crippen LogP contribution in [-0.4, -0.2) is 47.4 Å². The first-order valence-electron chi connectivity index (χ1n) is 11.5. The number of primary amides is 1. The summed E-state index contributed by atoms with van der Waals surface area (Å²) >= 11 is 0. The van der Waals surface area contributed by atoms with E-state index in [0.29, 0.717) is 24.0 Å². The molecule has 4 rings (SSSR count). The number of aryl methyl sites for hydroxylation is 2. The average molecular weight is 468 g/mol. The number of ether oxygens (including phenoxy) is 2. The third-order valence-electron chi connectivity index (χ3n) is 7.42. The Balaban J connectivity index is 1.79. The fourth-order valence-corrected chi connectivity index (χ4v) is 5.78. The molecule has 0 fully saturated rings. The third kappa shape index (κ3) is 3.48. The van der Waals surface area contributed by atoms with Gasteiger partial charge in [0.1, 0.15) is 11.3 Å². The molecular weight excluding hydrogens is 438 g/mol. The number of carbonyl (C=O) groups excluding carboxylic acids is 4. The molecule has 0 spiro atoms. The van der Waals surface area contributed by atoms with E-state index in [2.05, 4.69) is 0 Å². The van der Waals surface area contributed by atoms with E-state index in [1.54, 1.807) is 13.8 Å². The second kappa shape index (κ2) is 8.51. The number of hydrogen-bond acceptors (Lipinski definition) is 7. The van der Waals surface area contributed by atoms with Gasteiger partial charge < -0.3 is 20.3 Å². The molecule has 3 atom stereocenters. The molecule has 0 unspecified atom stereocenters. The van der Waals surface area contributed by atoms with E-state index >= 15 is 0 Å². The normalized spacial score (nSPS) is 26.0. The standard InChI is InChI=1S/C26H29NO7/c1-5-33-19(28)11-34-18-10-16-8-15-9-17-12(2)6-7-13(3)20(17)23(29)21(15)14(4)26(16,32)24(30)22(18)25(27)31/h6-7,15-16,32H,5,8-11H2,1-4H3,(H2,27,31)/t15-,16+,26-/m1/s1. The number of fused-ring (bicyclic) bond motifs is 3. The first-order chi connectivity index (χ1) is 16.0. The Kier molecular flexibility index (Phi) is 5.97. The van der Waals surface area contributed by atoms with Crippen LogP contribution in [0.2, 0.25) is 0 Å². The topological polar surface area (TPSA) is 133 Å². The molecule has 0 aliphatic heterocycles. The highest BCUT2D eigenvalue weighted by Crippen LogP contribution is 2.52. The Bertz CT molecular complexity index is 1190. The van der Waals surface area contributed by atoms with Crippen molar-refractivity contribution in [2.45, 2.75) is 52.6 Å². The van der Waals surface area contributed by atoms with Gasteiger partial charge in [-0.3, -0.25) is 14.4 Å². The average Bonchev–Trinajstić information content (AvgIpc) is 2.77. The number of ketones is 2. The van der Waals surface area contributed by atoms with Gasteiger partial charge in [0.2, 0.25) is 5.78 Å². The van der Waals surface area contributed by atoms with Gasteiger partial charge in [0.25, 0.3) is 5.91 Å². The van der Waals surface area contributed by atoms with E-state index in [-0.39, 0.29) is 36.1 Å². The molecule has 0 heterocycles. The second-order valence-electron chi connectivity index (χ2n) is 9.31. The fraction of sp³-hybridized carbons (Fsp3) is 0.462. The summed E-state index contributed by atoms with van der Waals surface area (Å²) in [5, 5.41) is 11.7.